The summed E-state index contributed by atoms with van der Waals surface area (Å²) in [5.74, 6) is 0.918. The van der Waals surface area contributed by atoms with E-state index in [4.69, 9.17) is 4.74 Å². The fourth-order valence-corrected chi connectivity index (χ4v) is 2.17. The molecule has 1 aromatic heterocycles. The van der Waals surface area contributed by atoms with E-state index in [0.29, 0.717) is 16.3 Å². The minimum absolute atomic E-state index is 0.0815. The Labute approximate surface area is 114 Å². The molecule has 6 nitrogen and oxygen atoms in total. The minimum atomic E-state index is 0.0815. The third kappa shape index (κ3) is 3.10. The van der Waals surface area contributed by atoms with Crippen LogP contribution in [-0.2, 0) is 4.79 Å². The van der Waals surface area contributed by atoms with Gasteiger partial charge in [-0.1, -0.05) is 0 Å². The topological polar surface area (TPSA) is 67.3 Å². The number of methoxy groups -OCH3 is 1. The van der Waals surface area contributed by atoms with E-state index < -0.39 is 0 Å². The molecule has 1 fully saturated rings. The molecule has 0 bridgehead atoms. The van der Waals surface area contributed by atoms with Crippen molar-refractivity contribution in [3.63, 3.8) is 0 Å². The lowest BCUT2D eigenvalue weighted by Crippen LogP contribution is -2.33. The third-order valence-corrected chi connectivity index (χ3v) is 3.31. The molecule has 1 aromatic rings. The van der Waals surface area contributed by atoms with Crippen molar-refractivity contribution in [2.24, 2.45) is 0 Å². The standard InChI is InChI=1S/C11H15BrN4O2/c1-18-10-8(12)6-13-11(15-10)14-7-9(17)16-4-2-3-5-16/h6H,2-5,7H2,1H3,(H,13,14,15). The zero-order valence-corrected chi connectivity index (χ0v) is 11.7. The Balaban J connectivity index is 1.91. The van der Waals surface area contributed by atoms with Crippen molar-refractivity contribution in [2.45, 2.75) is 12.8 Å². The number of likely N-dealkylation sites (tertiary alicyclic amines) is 1. The average Bonchev–Trinajstić information content (AvgIpc) is 2.91. The Hall–Kier alpha value is -1.37. The van der Waals surface area contributed by atoms with Gasteiger partial charge in [0, 0.05) is 13.1 Å². The maximum absolute atomic E-state index is 11.8. The molecule has 1 amide bonds. The number of halogens is 1. The summed E-state index contributed by atoms with van der Waals surface area (Å²) in [5.41, 5.74) is 0. The summed E-state index contributed by atoms with van der Waals surface area (Å²) in [7, 11) is 1.53. The molecule has 0 unspecified atom stereocenters. The number of rotatable bonds is 4. The highest BCUT2D eigenvalue weighted by Crippen LogP contribution is 2.21. The third-order valence-electron chi connectivity index (χ3n) is 2.76. The van der Waals surface area contributed by atoms with E-state index in [1.165, 1.54) is 7.11 Å². The van der Waals surface area contributed by atoms with Crippen molar-refractivity contribution in [1.82, 2.24) is 14.9 Å². The van der Waals surface area contributed by atoms with Crippen LogP contribution in [0.3, 0.4) is 0 Å². The molecule has 7 heteroatoms. The van der Waals surface area contributed by atoms with Gasteiger partial charge < -0.3 is 15.0 Å². The molecular formula is C11H15BrN4O2. The number of hydrogen-bond donors (Lipinski definition) is 1. The van der Waals surface area contributed by atoms with Crippen molar-refractivity contribution in [3.8, 4) is 5.88 Å². The first kappa shape index (κ1) is 13.1. The van der Waals surface area contributed by atoms with Gasteiger partial charge in [0.1, 0.15) is 0 Å². The Morgan fingerprint density at radius 2 is 2.28 bits per heavy atom. The van der Waals surface area contributed by atoms with Crippen molar-refractivity contribution in [1.29, 1.82) is 0 Å². The second-order valence-corrected chi connectivity index (χ2v) is 4.85. The normalized spacial score (nSPS) is 14.7. The zero-order valence-electron chi connectivity index (χ0n) is 10.1. The van der Waals surface area contributed by atoms with Crippen molar-refractivity contribution >= 4 is 27.8 Å². The van der Waals surface area contributed by atoms with E-state index in [0.717, 1.165) is 25.9 Å². The molecular weight excluding hydrogens is 300 g/mol. The second-order valence-electron chi connectivity index (χ2n) is 3.99. The number of nitrogens with zero attached hydrogens (tertiary/aromatic N) is 3. The molecule has 1 saturated heterocycles. The van der Waals surface area contributed by atoms with Crippen LogP contribution in [-0.4, -0.2) is 47.5 Å². The molecule has 0 saturated carbocycles. The summed E-state index contributed by atoms with van der Waals surface area (Å²) < 4.78 is 5.74. The summed E-state index contributed by atoms with van der Waals surface area (Å²) >= 11 is 3.27. The van der Waals surface area contributed by atoms with Gasteiger partial charge in [-0.2, -0.15) is 4.98 Å². The SMILES string of the molecule is COc1nc(NCC(=O)N2CCCC2)ncc1Br. The quantitative estimate of drug-likeness (QED) is 0.907. The van der Waals surface area contributed by atoms with E-state index >= 15 is 0 Å². The summed E-state index contributed by atoms with van der Waals surface area (Å²) in [4.78, 5) is 21.9. The van der Waals surface area contributed by atoms with Crippen LogP contribution in [0.15, 0.2) is 10.7 Å². The first-order valence-corrected chi connectivity index (χ1v) is 6.58. The van der Waals surface area contributed by atoms with Gasteiger partial charge >= 0.3 is 0 Å². The number of carbonyl (C=O) groups is 1. The number of ether oxygens (including phenoxy) is 1. The molecule has 0 aliphatic carbocycles. The molecule has 0 aromatic carbocycles. The first-order valence-electron chi connectivity index (χ1n) is 5.79. The van der Waals surface area contributed by atoms with Gasteiger partial charge in [0.05, 0.1) is 24.3 Å². The largest absolute Gasteiger partial charge is 0.480 e. The van der Waals surface area contributed by atoms with Gasteiger partial charge in [0.2, 0.25) is 17.7 Å². The average molecular weight is 315 g/mol. The monoisotopic (exact) mass is 314 g/mol. The van der Waals surface area contributed by atoms with Crippen LogP contribution in [0.5, 0.6) is 5.88 Å². The van der Waals surface area contributed by atoms with E-state index in [1.54, 1.807) is 6.20 Å². The van der Waals surface area contributed by atoms with E-state index in [2.05, 4.69) is 31.2 Å². The van der Waals surface area contributed by atoms with Crippen LogP contribution >= 0.6 is 15.9 Å². The minimum Gasteiger partial charge on any atom is -0.480 e. The molecule has 0 radical (unpaired) electrons. The maximum atomic E-state index is 11.8. The van der Waals surface area contributed by atoms with Crippen LogP contribution in [0.25, 0.3) is 0 Å². The van der Waals surface area contributed by atoms with Crippen LogP contribution in [0, 0.1) is 0 Å². The Bertz CT molecular complexity index is 435. The molecule has 2 heterocycles. The number of hydrogen-bond acceptors (Lipinski definition) is 5. The van der Waals surface area contributed by atoms with Crippen molar-refractivity contribution in [3.05, 3.63) is 10.7 Å². The van der Waals surface area contributed by atoms with Gasteiger partial charge in [-0.3, -0.25) is 4.79 Å². The maximum Gasteiger partial charge on any atom is 0.241 e. The Morgan fingerprint density at radius 1 is 1.56 bits per heavy atom. The van der Waals surface area contributed by atoms with Crippen molar-refractivity contribution < 1.29 is 9.53 Å². The second kappa shape index (κ2) is 5.99. The Kier molecular flexibility index (Phi) is 4.35. The fourth-order valence-electron chi connectivity index (χ4n) is 1.81. The van der Waals surface area contributed by atoms with E-state index in [1.807, 2.05) is 4.90 Å². The van der Waals surface area contributed by atoms with Crippen LogP contribution in [0.4, 0.5) is 5.95 Å². The zero-order chi connectivity index (χ0) is 13.0. The van der Waals surface area contributed by atoms with Gasteiger partial charge in [0.25, 0.3) is 0 Å². The number of nitrogens with one attached hydrogen (secondary N) is 1. The van der Waals surface area contributed by atoms with E-state index in [9.17, 15) is 4.79 Å². The lowest BCUT2D eigenvalue weighted by molar-refractivity contribution is -0.128. The number of amides is 1. The predicted octanol–water partition coefficient (Wildman–Crippen LogP) is 1.28. The molecule has 1 aliphatic rings. The lowest BCUT2D eigenvalue weighted by atomic mass is 10.4. The highest BCUT2D eigenvalue weighted by Gasteiger charge is 2.17. The highest BCUT2D eigenvalue weighted by molar-refractivity contribution is 9.10. The number of carbonyl (C=O) groups excluding carboxylic acids is 1. The highest BCUT2D eigenvalue weighted by atomic mass is 79.9. The van der Waals surface area contributed by atoms with Crippen LogP contribution < -0.4 is 10.1 Å². The first-order chi connectivity index (χ1) is 8.70. The number of anilines is 1. The summed E-state index contributed by atoms with van der Waals surface area (Å²) in [6.07, 6.45) is 3.77. The van der Waals surface area contributed by atoms with E-state index in [-0.39, 0.29) is 12.5 Å². The molecule has 0 atom stereocenters. The fraction of sp³-hybridized carbons (Fsp3) is 0.545. The lowest BCUT2D eigenvalue weighted by Gasteiger charge is -2.15. The van der Waals surface area contributed by atoms with Gasteiger partial charge in [-0.05, 0) is 28.8 Å². The van der Waals surface area contributed by atoms with Gasteiger partial charge in [0.15, 0.2) is 0 Å². The number of aromatic nitrogens is 2. The molecule has 0 spiro atoms. The van der Waals surface area contributed by atoms with Crippen LogP contribution in [0.1, 0.15) is 12.8 Å². The van der Waals surface area contributed by atoms with Gasteiger partial charge in [-0.15, -0.1) is 0 Å². The Morgan fingerprint density at radius 3 is 2.94 bits per heavy atom. The molecule has 2 rings (SSSR count). The van der Waals surface area contributed by atoms with Crippen LogP contribution in [0.2, 0.25) is 0 Å². The molecule has 1 aliphatic heterocycles. The predicted molar refractivity (Wildman–Crippen MR) is 70.6 cm³/mol. The van der Waals surface area contributed by atoms with Crippen molar-refractivity contribution in [2.75, 3.05) is 32.1 Å². The summed E-state index contributed by atoms with van der Waals surface area (Å²) in [6.45, 7) is 1.92. The van der Waals surface area contributed by atoms with Gasteiger partial charge in [-0.25, -0.2) is 4.98 Å². The summed E-state index contributed by atoms with van der Waals surface area (Å²) in [6, 6.07) is 0. The smallest absolute Gasteiger partial charge is 0.241 e. The molecule has 18 heavy (non-hydrogen) atoms. The molecule has 1 N–H and O–H groups in total. The summed E-state index contributed by atoms with van der Waals surface area (Å²) in [5, 5.41) is 2.91. The molecule has 98 valence electrons.